The number of aliphatic hydroxyl groups is 1. The van der Waals surface area contributed by atoms with Gasteiger partial charge in [-0.15, -0.1) is 0 Å². The van der Waals surface area contributed by atoms with Crippen molar-refractivity contribution in [3.05, 3.63) is 23.8 Å². The first-order valence-electron chi connectivity index (χ1n) is 7.60. The Labute approximate surface area is 124 Å². The zero-order valence-electron chi connectivity index (χ0n) is 12.1. The molecule has 1 saturated heterocycles. The first-order chi connectivity index (χ1) is 10.3. The number of hydrogen-bond acceptors (Lipinski definition) is 5. The molecule has 2 heterocycles. The van der Waals surface area contributed by atoms with Crippen molar-refractivity contribution in [2.24, 2.45) is 0 Å². The van der Waals surface area contributed by atoms with Crippen molar-refractivity contribution < 1.29 is 24.1 Å². The minimum atomic E-state index is -0.648. The summed E-state index contributed by atoms with van der Waals surface area (Å²) >= 11 is 0. The SMILES string of the molecule is OC(COC1CCOCC1)c1ccc2c(c1)OCCCO2. The third-order valence-corrected chi connectivity index (χ3v) is 3.81. The normalized spacial score (nSPS) is 20.8. The topological polar surface area (TPSA) is 57.2 Å². The Morgan fingerprint density at radius 1 is 1.10 bits per heavy atom. The van der Waals surface area contributed by atoms with Crippen molar-refractivity contribution >= 4 is 0 Å². The van der Waals surface area contributed by atoms with Crippen molar-refractivity contribution in [1.82, 2.24) is 0 Å². The highest BCUT2D eigenvalue weighted by atomic mass is 16.5. The molecular weight excluding hydrogens is 272 g/mol. The first kappa shape index (κ1) is 14.6. The Balaban J connectivity index is 1.58. The van der Waals surface area contributed by atoms with Crippen LogP contribution in [0.5, 0.6) is 11.5 Å². The maximum absolute atomic E-state index is 10.3. The largest absolute Gasteiger partial charge is 0.490 e. The van der Waals surface area contributed by atoms with E-state index in [1.807, 2.05) is 18.2 Å². The van der Waals surface area contributed by atoms with Gasteiger partial charge in [-0.05, 0) is 30.5 Å². The number of fused-ring (bicyclic) bond motifs is 1. The molecule has 5 heteroatoms. The molecule has 3 rings (SSSR count). The third kappa shape index (κ3) is 3.87. The van der Waals surface area contributed by atoms with Crippen LogP contribution in [0.25, 0.3) is 0 Å². The third-order valence-electron chi connectivity index (χ3n) is 3.81. The molecule has 0 spiro atoms. The monoisotopic (exact) mass is 294 g/mol. The van der Waals surface area contributed by atoms with Crippen LogP contribution in [0.15, 0.2) is 18.2 Å². The van der Waals surface area contributed by atoms with Crippen LogP contribution in [0.2, 0.25) is 0 Å². The quantitative estimate of drug-likeness (QED) is 0.921. The summed E-state index contributed by atoms with van der Waals surface area (Å²) in [4.78, 5) is 0. The lowest BCUT2D eigenvalue weighted by atomic mass is 10.1. The Bertz CT molecular complexity index is 456. The smallest absolute Gasteiger partial charge is 0.161 e. The molecule has 2 aliphatic heterocycles. The highest BCUT2D eigenvalue weighted by Gasteiger charge is 2.18. The van der Waals surface area contributed by atoms with E-state index < -0.39 is 6.10 Å². The lowest BCUT2D eigenvalue weighted by Crippen LogP contribution is -2.25. The van der Waals surface area contributed by atoms with E-state index >= 15 is 0 Å². The van der Waals surface area contributed by atoms with E-state index in [1.165, 1.54) is 0 Å². The van der Waals surface area contributed by atoms with Gasteiger partial charge in [0.2, 0.25) is 0 Å². The van der Waals surface area contributed by atoms with Gasteiger partial charge in [0.1, 0.15) is 6.10 Å². The average Bonchev–Trinajstić information content (AvgIpc) is 2.78. The Kier molecular flexibility index (Phi) is 4.95. The van der Waals surface area contributed by atoms with Crippen molar-refractivity contribution in [2.75, 3.05) is 33.0 Å². The summed E-state index contributed by atoms with van der Waals surface area (Å²) in [5, 5.41) is 10.3. The van der Waals surface area contributed by atoms with E-state index in [0.29, 0.717) is 25.6 Å². The minimum Gasteiger partial charge on any atom is -0.490 e. The molecule has 1 aromatic rings. The predicted octanol–water partition coefficient (Wildman–Crippen LogP) is 2.08. The number of hydrogen-bond donors (Lipinski definition) is 1. The van der Waals surface area contributed by atoms with Gasteiger partial charge in [0, 0.05) is 19.6 Å². The highest BCUT2D eigenvalue weighted by Crippen LogP contribution is 2.32. The Hall–Kier alpha value is -1.30. The summed E-state index contributed by atoms with van der Waals surface area (Å²) in [5.41, 5.74) is 0.798. The van der Waals surface area contributed by atoms with Crippen LogP contribution in [0.1, 0.15) is 30.9 Å². The molecule has 1 aromatic carbocycles. The van der Waals surface area contributed by atoms with Gasteiger partial charge in [-0.2, -0.15) is 0 Å². The lowest BCUT2D eigenvalue weighted by molar-refractivity contribution is -0.0598. The van der Waals surface area contributed by atoms with Crippen molar-refractivity contribution in [2.45, 2.75) is 31.5 Å². The maximum atomic E-state index is 10.3. The summed E-state index contributed by atoms with van der Waals surface area (Å²) in [5.74, 6) is 1.45. The zero-order chi connectivity index (χ0) is 14.5. The highest BCUT2D eigenvalue weighted by molar-refractivity contribution is 5.44. The molecule has 21 heavy (non-hydrogen) atoms. The van der Waals surface area contributed by atoms with Gasteiger partial charge in [-0.25, -0.2) is 0 Å². The van der Waals surface area contributed by atoms with E-state index in [1.54, 1.807) is 0 Å². The molecule has 1 N–H and O–H groups in total. The summed E-state index contributed by atoms with van der Waals surface area (Å²) < 4.78 is 22.3. The van der Waals surface area contributed by atoms with Crippen LogP contribution in [0, 0.1) is 0 Å². The molecule has 0 saturated carbocycles. The average molecular weight is 294 g/mol. The maximum Gasteiger partial charge on any atom is 0.161 e. The molecule has 2 aliphatic rings. The van der Waals surface area contributed by atoms with E-state index in [9.17, 15) is 5.11 Å². The molecule has 0 aromatic heterocycles. The van der Waals surface area contributed by atoms with E-state index in [0.717, 1.165) is 43.8 Å². The Morgan fingerprint density at radius 2 is 1.86 bits per heavy atom. The fourth-order valence-electron chi connectivity index (χ4n) is 2.55. The number of ether oxygens (including phenoxy) is 4. The summed E-state index contributed by atoms with van der Waals surface area (Å²) in [6.07, 6.45) is 2.21. The van der Waals surface area contributed by atoms with E-state index in [2.05, 4.69) is 0 Å². The summed E-state index contributed by atoms with van der Waals surface area (Å²) in [6.45, 7) is 3.09. The van der Waals surface area contributed by atoms with Crippen LogP contribution in [0.4, 0.5) is 0 Å². The molecule has 0 bridgehead atoms. The summed E-state index contributed by atoms with van der Waals surface area (Å²) in [6, 6.07) is 5.57. The molecule has 0 radical (unpaired) electrons. The standard InChI is InChI=1S/C16H22O5/c17-14(11-21-13-4-8-18-9-5-13)12-2-3-15-16(10-12)20-7-1-6-19-15/h2-3,10,13-14,17H,1,4-9,11H2. The van der Waals surface area contributed by atoms with Crippen molar-refractivity contribution in [3.63, 3.8) is 0 Å². The lowest BCUT2D eigenvalue weighted by Gasteiger charge is -2.24. The first-order valence-corrected chi connectivity index (χ1v) is 7.60. The molecule has 1 unspecified atom stereocenters. The molecule has 0 amide bonds. The molecule has 1 fully saturated rings. The molecule has 5 nitrogen and oxygen atoms in total. The van der Waals surface area contributed by atoms with Gasteiger partial charge < -0.3 is 24.1 Å². The number of benzene rings is 1. The fourth-order valence-corrected chi connectivity index (χ4v) is 2.55. The van der Waals surface area contributed by atoms with Gasteiger partial charge in [0.15, 0.2) is 11.5 Å². The van der Waals surface area contributed by atoms with Gasteiger partial charge in [-0.3, -0.25) is 0 Å². The van der Waals surface area contributed by atoms with Crippen LogP contribution < -0.4 is 9.47 Å². The molecule has 1 atom stereocenters. The van der Waals surface area contributed by atoms with Gasteiger partial charge in [-0.1, -0.05) is 6.07 Å². The number of aliphatic hydroxyl groups excluding tert-OH is 1. The summed E-state index contributed by atoms with van der Waals surface area (Å²) in [7, 11) is 0. The number of rotatable bonds is 4. The van der Waals surface area contributed by atoms with Crippen LogP contribution in [-0.4, -0.2) is 44.2 Å². The van der Waals surface area contributed by atoms with E-state index in [-0.39, 0.29) is 6.10 Å². The minimum absolute atomic E-state index is 0.189. The van der Waals surface area contributed by atoms with Gasteiger partial charge >= 0.3 is 0 Å². The second-order valence-electron chi connectivity index (χ2n) is 5.42. The van der Waals surface area contributed by atoms with Gasteiger partial charge in [0.25, 0.3) is 0 Å². The second-order valence-corrected chi connectivity index (χ2v) is 5.42. The molecular formula is C16H22O5. The van der Waals surface area contributed by atoms with Gasteiger partial charge in [0.05, 0.1) is 25.9 Å². The van der Waals surface area contributed by atoms with Crippen molar-refractivity contribution in [1.29, 1.82) is 0 Å². The fraction of sp³-hybridized carbons (Fsp3) is 0.625. The van der Waals surface area contributed by atoms with Crippen LogP contribution in [0.3, 0.4) is 0 Å². The van der Waals surface area contributed by atoms with Crippen LogP contribution >= 0.6 is 0 Å². The zero-order valence-corrected chi connectivity index (χ0v) is 12.1. The predicted molar refractivity (Wildman–Crippen MR) is 76.8 cm³/mol. The molecule has 0 aliphatic carbocycles. The second kappa shape index (κ2) is 7.11. The van der Waals surface area contributed by atoms with E-state index in [4.69, 9.17) is 18.9 Å². The molecule has 116 valence electrons. The van der Waals surface area contributed by atoms with Crippen molar-refractivity contribution in [3.8, 4) is 11.5 Å². The Morgan fingerprint density at radius 3 is 2.67 bits per heavy atom. The van der Waals surface area contributed by atoms with Crippen LogP contribution in [-0.2, 0) is 9.47 Å².